The molecule has 1 aliphatic carbocycles. The number of nitrogens with zero attached hydrogens (tertiary/aromatic N) is 2. The smallest absolute Gasteiger partial charge is 0.225 e. The van der Waals surface area contributed by atoms with Crippen LogP contribution in [0.5, 0.6) is 0 Å². The molecule has 1 aliphatic rings. The highest BCUT2D eigenvalue weighted by molar-refractivity contribution is 7.17. The molecule has 0 saturated heterocycles. The third-order valence-corrected chi connectivity index (χ3v) is 5.48. The topological polar surface area (TPSA) is 37.8 Å². The van der Waals surface area contributed by atoms with Crippen LogP contribution in [-0.2, 0) is 0 Å². The Bertz CT molecular complexity index is 810. The zero-order valence-corrected chi connectivity index (χ0v) is 14.3. The van der Waals surface area contributed by atoms with Gasteiger partial charge in [0.05, 0.1) is 5.39 Å². The van der Waals surface area contributed by atoms with Crippen molar-refractivity contribution in [1.29, 1.82) is 0 Å². The van der Waals surface area contributed by atoms with Gasteiger partial charge in [0.1, 0.15) is 10.6 Å². The van der Waals surface area contributed by atoms with Crippen molar-refractivity contribution >= 4 is 39.0 Å². The SMILES string of the molecule is Clc1nc(NC2CCCCC2)c2c(-c3ccccc3)csc2n1. The van der Waals surface area contributed by atoms with E-state index in [1.54, 1.807) is 11.3 Å². The number of anilines is 1. The Morgan fingerprint density at radius 1 is 1.04 bits per heavy atom. The van der Waals surface area contributed by atoms with Crippen LogP contribution in [0.1, 0.15) is 32.1 Å². The minimum Gasteiger partial charge on any atom is -0.367 e. The van der Waals surface area contributed by atoms with E-state index in [2.05, 4.69) is 44.9 Å². The number of aromatic nitrogens is 2. The Labute approximate surface area is 144 Å². The largest absolute Gasteiger partial charge is 0.367 e. The lowest BCUT2D eigenvalue weighted by molar-refractivity contribution is 0.462. The van der Waals surface area contributed by atoms with E-state index < -0.39 is 0 Å². The van der Waals surface area contributed by atoms with Gasteiger partial charge in [-0.25, -0.2) is 9.97 Å². The quantitative estimate of drug-likeness (QED) is 0.614. The molecule has 2 aromatic heterocycles. The first-order valence-electron chi connectivity index (χ1n) is 8.08. The Balaban J connectivity index is 1.80. The Hall–Kier alpha value is -1.65. The minimum absolute atomic E-state index is 0.317. The van der Waals surface area contributed by atoms with Gasteiger partial charge in [-0.2, -0.15) is 0 Å². The summed E-state index contributed by atoms with van der Waals surface area (Å²) in [6.07, 6.45) is 6.32. The minimum atomic E-state index is 0.317. The summed E-state index contributed by atoms with van der Waals surface area (Å²) in [5.41, 5.74) is 2.37. The lowest BCUT2D eigenvalue weighted by Crippen LogP contribution is -2.23. The van der Waals surface area contributed by atoms with Crippen molar-refractivity contribution < 1.29 is 0 Å². The van der Waals surface area contributed by atoms with Crippen LogP contribution < -0.4 is 5.32 Å². The lowest BCUT2D eigenvalue weighted by Gasteiger charge is -2.23. The Morgan fingerprint density at radius 2 is 1.83 bits per heavy atom. The van der Waals surface area contributed by atoms with Gasteiger partial charge >= 0.3 is 0 Å². The molecule has 0 aliphatic heterocycles. The van der Waals surface area contributed by atoms with Crippen LogP contribution in [0.15, 0.2) is 35.7 Å². The molecular formula is C18H18ClN3S. The highest BCUT2D eigenvalue weighted by atomic mass is 35.5. The summed E-state index contributed by atoms with van der Waals surface area (Å²) < 4.78 is 0. The van der Waals surface area contributed by atoms with Gasteiger partial charge in [-0.05, 0) is 30.0 Å². The predicted molar refractivity (Wildman–Crippen MR) is 98.4 cm³/mol. The lowest BCUT2D eigenvalue weighted by atomic mass is 9.95. The van der Waals surface area contributed by atoms with Gasteiger partial charge < -0.3 is 5.32 Å². The summed E-state index contributed by atoms with van der Waals surface area (Å²) in [5, 5.41) is 7.19. The maximum Gasteiger partial charge on any atom is 0.225 e. The summed E-state index contributed by atoms with van der Waals surface area (Å²) in [7, 11) is 0. The molecule has 2 heterocycles. The van der Waals surface area contributed by atoms with Crippen LogP contribution >= 0.6 is 22.9 Å². The number of thiophene rings is 1. The van der Waals surface area contributed by atoms with Gasteiger partial charge in [0.25, 0.3) is 0 Å². The number of halogens is 1. The molecule has 23 heavy (non-hydrogen) atoms. The van der Waals surface area contributed by atoms with Crippen LogP contribution in [0.2, 0.25) is 5.28 Å². The normalized spacial score (nSPS) is 15.9. The van der Waals surface area contributed by atoms with Crippen LogP contribution in [-0.4, -0.2) is 16.0 Å². The fourth-order valence-electron chi connectivity index (χ4n) is 3.29. The van der Waals surface area contributed by atoms with E-state index in [0.29, 0.717) is 11.3 Å². The third-order valence-electron chi connectivity index (χ3n) is 4.44. The van der Waals surface area contributed by atoms with Crippen LogP contribution in [0.4, 0.5) is 5.82 Å². The van der Waals surface area contributed by atoms with Crippen molar-refractivity contribution in [3.8, 4) is 11.1 Å². The zero-order chi connectivity index (χ0) is 15.6. The second-order valence-corrected chi connectivity index (χ2v) is 7.21. The van der Waals surface area contributed by atoms with E-state index in [-0.39, 0.29) is 0 Å². The van der Waals surface area contributed by atoms with Crippen molar-refractivity contribution in [2.75, 3.05) is 5.32 Å². The molecule has 0 unspecified atom stereocenters. The number of nitrogens with one attached hydrogen (secondary N) is 1. The van der Waals surface area contributed by atoms with Crippen LogP contribution in [0.3, 0.4) is 0 Å². The first-order valence-corrected chi connectivity index (χ1v) is 9.34. The Morgan fingerprint density at radius 3 is 2.61 bits per heavy atom. The highest BCUT2D eigenvalue weighted by Gasteiger charge is 2.19. The van der Waals surface area contributed by atoms with Crippen molar-refractivity contribution in [2.45, 2.75) is 38.1 Å². The second kappa shape index (κ2) is 6.46. The molecule has 0 bridgehead atoms. The van der Waals surface area contributed by atoms with Gasteiger partial charge in [-0.1, -0.05) is 49.6 Å². The fraction of sp³-hybridized carbons (Fsp3) is 0.333. The molecule has 118 valence electrons. The monoisotopic (exact) mass is 343 g/mol. The van der Waals surface area contributed by atoms with Gasteiger partial charge in [-0.15, -0.1) is 11.3 Å². The number of benzene rings is 1. The first-order chi connectivity index (χ1) is 11.3. The van der Waals surface area contributed by atoms with E-state index >= 15 is 0 Å². The molecule has 1 saturated carbocycles. The van der Waals surface area contributed by atoms with E-state index in [1.165, 1.54) is 43.2 Å². The van der Waals surface area contributed by atoms with Gasteiger partial charge in [0.15, 0.2) is 0 Å². The van der Waals surface area contributed by atoms with E-state index in [0.717, 1.165) is 16.0 Å². The maximum atomic E-state index is 6.14. The van der Waals surface area contributed by atoms with Crippen LogP contribution in [0, 0.1) is 0 Å². The predicted octanol–water partition coefficient (Wildman–Crippen LogP) is 5.76. The molecule has 4 rings (SSSR count). The molecular weight excluding hydrogens is 326 g/mol. The van der Waals surface area contributed by atoms with Crippen LogP contribution in [0.25, 0.3) is 21.3 Å². The van der Waals surface area contributed by atoms with Crippen molar-refractivity contribution in [3.63, 3.8) is 0 Å². The summed E-state index contributed by atoms with van der Waals surface area (Å²) in [4.78, 5) is 9.86. The maximum absolute atomic E-state index is 6.14. The number of rotatable bonds is 3. The summed E-state index contributed by atoms with van der Waals surface area (Å²) in [6, 6.07) is 10.9. The summed E-state index contributed by atoms with van der Waals surface area (Å²) in [6.45, 7) is 0. The molecule has 1 N–H and O–H groups in total. The molecule has 1 fully saturated rings. The second-order valence-electron chi connectivity index (χ2n) is 6.02. The van der Waals surface area contributed by atoms with Gasteiger partial charge in [0, 0.05) is 17.0 Å². The summed E-state index contributed by atoms with van der Waals surface area (Å²) >= 11 is 7.76. The van der Waals surface area contributed by atoms with Crippen molar-refractivity contribution in [2.24, 2.45) is 0 Å². The highest BCUT2D eigenvalue weighted by Crippen LogP contribution is 2.38. The van der Waals surface area contributed by atoms with Gasteiger partial charge in [-0.3, -0.25) is 0 Å². The van der Waals surface area contributed by atoms with Gasteiger partial charge in [0.2, 0.25) is 5.28 Å². The van der Waals surface area contributed by atoms with E-state index in [1.807, 2.05) is 6.07 Å². The molecule has 0 radical (unpaired) electrons. The number of hydrogen-bond donors (Lipinski definition) is 1. The third kappa shape index (κ3) is 3.06. The molecule has 3 nitrogen and oxygen atoms in total. The molecule has 0 amide bonds. The molecule has 0 atom stereocenters. The average molecular weight is 344 g/mol. The van der Waals surface area contributed by atoms with Crippen molar-refractivity contribution in [1.82, 2.24) is 9.97 Å². The number of fused-ring (bicyclic) bond motifs is 1. The Kier molecular flexibility index (Phi) is 4.19. The molecule has 1 aromatic carbocycles. The fourth-order valence-corrected chi connectivity index (χ4v) is 4.46. The van der Waals surface area contributed by atoms with Crippen molar-refractivity contribution in [3.05, 3.63) is 41.0 Å². The number of hydrogen-bond acceptors (Lipinski definition) is 4. The van der Waals surface area contributed by atoms with E-state index in [4.69, 9.17) is 11.6 Å². The molecule has 3 aromatic rings. The molecule has 0 spiro atoms. The zero-order valence-electron chi connectivity index (χ0n) is 12.8. The first kappa shape index (κ1) is 14.9. The van der Waals surface area contributed by atoms with E-state index in [9.17, 15) is 0 Å². The summed E-state index contributed by atoms with van der Waals surface area (Å²) in [5.74, 6) is 0.881. The standard InChI is InChI=1S/C18H18ClN3S/c19-18-21-16(20-13-9-5-2-6-10-13)15-14(11-23-17(15)22-18)12-7-3-1-4-8-12/h1,3-4,7-8,11,13H,2,5-6,9-10H2,(H,20,21,22). The average Bonchev–Trinajstić information content (AvgIpc) is 3.00. The molecule has 5 heteroatoms.